The van der Waals surface area contributed by atoms with Gasteiger partial charge in [0.15, 0.2) is 0 Å². The normalized spacial score (nSPS) is 12.1. The van der Waals surface area contributed by atoms with Gasteiger partial charge in [-0.3, -0.25) is 0 Å². The maximum absolute atomic E-state index is 5.75. The lowest BCUT2D eigenvalue weighted by Crippen LogP contribution is -1.72. The van der Waals surface area contributed by atoms with E-state index in [-0.39, 0.29) is 0 Å². The molecule has 1 heterocycles. The molecule has 0 aliphatic heterocycles. The third kappa shape index (κ3) is 1.73. The summed E-state index contributed by atoms with van der Waals surface area (Å²) >= 11 is 0. The predicted molar refractivity (Wildman–Crippen MR) is 65.6 cm³/mol. The van der Waals surface area contributed by atoms with Crippen LogP contribution in [0.3, 0.4) is 0 Å². The molecule has 0 fully saturated rings. The average molecular weight is 198 g/mol. The number of furan rings is 1. The van der Waals surface area contributed by atoms with Crippen LogP contribution in [0.15, 0.2) is 40.8 Å². The number of allylic oxidation sites excluding steroid dienone is 2. The molecule has 0 aliphatic rings. The summed E-state index contributed by atoms with van der Waals surface area (Å²) in [4.78, 5) is 0. The Morgan fingerprint density at radius 1 is 1.00 bits per heavy atom. The van der Waals surface area contributed by atoms with Gasteiger partial charge in [0.25, 0.3) is 0 Å². The Bertz CT molecular complexity index is 515. The molecule has 0 saturated carbocycles. The van der Waals surface area contributed by atoms with Crippen molar-refractivity contribution in [3.8, 4) is 0 Å². The summed E-state index contributed by atoms with van der Waals surface area (Å²) < 4.78 is 5.75. The monoisotopic (exact) mass is 198 g/mol. The fraction of sp³-hybridized carbons (Fsp3) is 0.143. The van der Waals surface area contributed by atoms with Crippen LogP contribution in [0.25, 0.3) is 23.1 Å². The third-order valence-corrected chi connectivity index (χ3v) is 2.31. The molecule has 1 aromatic heterocycles. The highest BCUT2D eigenvalue weighted by Gasteiger charge is 2.07. The van der Waals surface area contributed by atoms with Crippen molar-refractivity contribution in [1.82, 2.24) is 0 Å². The highest BCUT2D eigenvalue weighted by molar-refractivity contribution is 5.90. The largest absolute Gasteiger partial charge is 0.456 e. The zero-order valence-electron chi connectivity index (χ0n) is 9.03. The van der Waals surface area contributed by atoms with Crippen molar-refractivity contribution in [3.05, 3.63) is 47.7 Å². The van der Waals surface area contributed by atoms with E-state index in [4.69, 9.17) is 4.42 Å². The maximum Gasteiger partial charge on any atom is 0.135 e. The van der Waals surface area contributed by atoms with Crippen LogP contribution in [0.1, 0.15) is 25.2 Å². The van der Waals surface area contributed by atoms with Crippen molar-refractivity contribution >= 4 is 23.1 Å². The molecule has 0 amide bonds. The SMILES string of the molecule is C/C=C\c1oc2ccccc2c1/C=C\C. The fourth-order valence-electron chi connectivity index (χ4n) is 1.70. The van der Waals surface area contributed by atoms with E-state index in [9.17, 15) is 0 Å². The van der Waals surface area contributed by atoms with E-state index in [1.807, 2.05) is 50.3 Å². The Kier molecular flexibility index (Phi) is 2.72. The van der Waals surface area contributed by atoms with E-state index < -0.39 is 0 Å². The van der Waals surface area contributed by atoms with E-state index in [1.54, 1.807) is 0 Å². The van der Waals surface area contributed by atoms with Crippen LogP contribution >= 0.6 is 0 Å². The smallest absolute Gasteiger partial charge is 0.135 e. The minimum Gasteiger partial charge on any atom is -0.456 e. The van der Waals surface area contributed by atoms with Gasteiger partial charge in [0.05, 0.1) is 0 Å². The third-order valence-electron chi connectivity index (χ3n) is 2.31. The zero-order chi connectivity index (χ0) is 10.7. The second kappa shape index (κ2) is 4.18. The number of hydrogen-bond donors (Lipinski definition) is 0. The van der Waals surface area contributed by atoms with Crippen molar-refractivity contribution in [2.24, 2.45) is 0 Å². The number of benzene rings is 1. The lowest BCUT2D eigenvalue weighted by atomic mass is 10.1. The number of fused-ring (bicyclic) bond motifs is 1. The topological polar surface area (TPSA) is 13.1 Å². The molecule has 1 aromatic carbocycles. The Balaban J connectivity index is 2.74. The first-order valence-electron chi connectivity index (χ1n) is 5.13. The summed E-state index contributed by atoms with van der Waals surface area (Å²) in [5.41, 5.74) is 2.10. The average Bonchev–Trinajstić information content (AvgIpc) is 2.59. The van der Waals surface area contributed by atoms with Gasteiger partial charge in [-0.05, 0) is 26.0 Å². The maximum atomic E-state index is 5.75. The molecule has 15 heavy (non-hydrogen) atoms. The van der Waals surface area contributed by atoms with Gasteiger partial charge >= 0.3 is 0 Å². The standard InChI is InChI=1S/C14H14O/c1-3-7-11-12-9-5-6-10-14(12)15-13(11)8-4-2/h3-10H,1-2H3/b7-3-,8-4-. The van der Waals surface area contributed by atoms with Gasteiger partial charge in [-0.2, -0.15) is 0 Å². The minimum atomic E-state index is 0.928. The van der Waals surface area contributed by atoms with Crippen molar-refractivity contribution in [2.45, 2.75) is 13.8 Å². The highest BCUT2D eigenvalue weighted by Crippen LogP contribution is 2.27. The molecule has 2 rings (SSSR count). The highest BCUT2D eigenvalue weighted by atomic mass is 16.3. The molecule has 0 spiro atoms. The summed E-state index contributed by atoms with van der Waals surface area (Å²) in [5, 5.41) is 1.17. The van der Waals surface area contributed by atoms with Gasteiger partial charge in [0.1, 0.15) is 11.3 Å². The molecule has 0 saturated heterocycles. The number of rotatable bonds is 2. The minimum absolute atomic E-state index is 0.928. The lowest BCUT2D eigenvalue weighted by Gasteiger charge is -1.89. The van der Waals surface area contributed by atoms with Gasteiger partial charge in [-0.15, -0.1) is 0 Å². The molecule has 1 nitrogen and oxygen atoms in total. The zero-order valence-corrected chi connectivity index (χ0v) is 9.03. The Labute approximate surface area is 89.7 Å². The van der Waals surface area contributed by atoms with E-state index in [1.165, 1.54) is 5.39 Å². The fourth-order valence-corrected chi connectivity index (χ4v) is 1.70. The van der Waals surface area contributed by atoms with E-state index in [0.29, 0.717) is 0 Å². The van der Waals surface area contributed by atoms with Crippen LogP contribution in [-0.2, 0) is 0 Å². The summed E-state index contributed by atoms with van der Waals surface area (Å²) in [7, 11) is 0. The van der Waals surface area contributed by atoms with E-state index >= 15 is 0 Å². The molecule has 0 radical (unpaired) electrons. The van der Waals surface area contributed by atoms with Crippen molar-refractivity contribution in [3.63, 3.8) is 0 Å². The first-order chi connectivity index (χ1) is 7.36. The Morgan fingerprint density at radius 2 is 1.73 bits per heavy atom. The molecular formula is C14H14O. The first-order valence-corrected chi connectivity index (χ1v) is 5.13. The second-order valence-electron chi connectivity index (χ2n) is 3.38. The van der Waals surface area contributed by atoms with Crippen LogP contribution in [0, 0.1) is 0 Å². The Morgan fingerprint density at radius 3 is 2.47 bits per heavy atom. The molecule has 76 valence electrons. The van der Waals surface area contributed by atoms with Crippen LogP contribution in [0.2, 0.25) is 0 Å². The summed E-state index contributed by atoms with van der Waals surface area (Å²) in [6.07, 6.45) is 8.10. The quantitative estimate of drug-likeness (QED) is 0.692. The Hall–Kier alpha value is -1.76. The van der Waals surface area contributed by atoms with Gasteiger partial charge in [-0.25, -0.2) is 0 Å². The van der Waals surface area contributed by atoms with Gasteiger partial charge < -0.3 is 4.42 Å². The molecule has 2 aromatic rings. The second-order valence-corrected chi connectivity index (χ2v) is 3.38. The number of hydrogen-bond acceptors (Lipinski definition) is 1. The van der Waals surface area contributed by atoms with Crippen molar-refractivity contribution in [1.29, 1.82) is 0 Å². The summed E-state index contributed by atoms with van der Waals surface area (Å²) in [6.45, 7) is 4.01. The van der Waals surface area contributed by atoms with Crippen molar-refractivity contribution < 1.29 is 4.42 Å². The lowest BCUT2D eigenvalue weighted by molar-refractivity contribution is 0.603. The van der Waals surface area contributed by atoms with Gasteiger partial charge in [0.2, 0.25) is 0 Å². The number of para-hydroxylation sites is 1. The van der Waals surface area contributed by atoms with Crippen LogP contribution in [0.4, 0.5) is 0 Å². The molecule has 0 atom stereocenters. The van der Waals surface area contributed by atoms with E-state index in [2.05, 4.69) is 12.1 Å². The summed E-state index contributed by atoms with van der Waals surface area (Å²) in [6, 6.07) is 8.10. The van der Waals surface area contributed by atoms with Crippen molar-refractivity contribution in [2.75, 3.05) is 0 Å². The van der Waals surface area contributed by atoms with Gasteiger partial charge in [0, 0.05) is 10.9 Å². The molecular weight excluding hydrogens is 184 g/mol. The van der Waals surface area contributed by atoms with E-state index in [0.717, 1.165) is 16.9 Å². The molecule has 0 bridgehead atoms. The molecule has 0 unspecified atom stereocenters. The summed E-state index contributed by atoms with van der Waals surface area (Å²) in [5.74, 6) is 0.928. The predicted octanol–water partition coefficient (Wildman–Crippen LogP) is 4.50. The molecule has 0 aliphatic carbocycles. The van der Waals surface area contributed by atoms with Gasteiger partial charge in [-0.1, -0.05) is 36.4 Å². The van der Waals surface area contributed by atoms with Crippen LogP contribution in [-0.4, -0.2) is 0 Å². The molecule has 0 N–H and O–H groups in total. The van der Waals surface area contributed by atoms with Crippen LogP contribution in [0.5, 0.6) is 0 Å². The first kappa shape index (κ1) is 9.78. The van der Waals surface area contributed by atoms with Crippen LogP contribution < -0.4 is 0 Å². The molecule has 1 heteroatoms.